The zero-order valence-electron chi connectivity index (χ0n) is 50.0. The van der Waals surface area contributed by atoms with Crippen molar-refractivity contribution in [3.8, 4) is 0 Å². The molecular weight excluding hydrogens is 974 g/mol. The third kappa shape index (κ3) is 8.16. The first-order chi connectivity index (χ1) is 37.2. The van der Waals surface area contributed by atoms with Crippen molar-refractivity contribution in [1.29, 1.82) is 0 Å². The molecule has 0 saturated heterocycles. The molecule has 0 unspecified atom stereocenters. The Morgan fingerprint density at radius 2 is 0.911 bits per heavy atom. The van der Waals surface area contributed by atoms with Crippen molar-refractivity contribution < 1.29 is 0 Å². The Balaban J connectivity index is 1.15. The molecule has 2 aliphatic carbocycles. The van der Waals surface area contributed by atoms with Crippen LogP contribution in [0, 0.1) is 13.8 Å². The van der Waals surface area contributed by atoms with Crippen molar-refractivity contribution in [2.24, 2.45) is 0 Å². The number of benzene rings is 8. The quantitative estimate of drug-likeness (QED) is 0.159. The Morgan fingerprint density at radius 1 is 0.430 bits per heavy atom. The number of hydrogen-bond donors (Lipinski definition) is 0. The summed E-state index contributed by atoms with van der Waals surface area (Å²) in [6.07, 6.45) is 4.68. The summed E-state index contributed by atoms with van der Waals surface area (Å²) in [5, 5.41) is 2.65. The number of aryl methyl sites for hydroxylation is 2. The first kappa shape index (κ1) is 51.9. The molecule has 0 amide bonds. The molecule has 0 saturated carbocycles. The van der Waals surface area contributed by atoms with Crippen LogP contribution >= 0.6 is 11.3 Å². The highest BCUT2D eigenvalue weighted by molar-refractivity contribution is 7.25. The number of anilines is 9. The third-order valence-corrected chi connectivity index (χ3v) is 20.7. The minimum Gasteiger partial charge on any atom is -0.311 e. The van der Waals surface area contributed by atoms with Gasteiger partial charge in [-0.1, -0.05) is 170 Å². The SMILES string of the molecule is Cc1ccccc1N(c1ccc2c(c1)N(c1ccc3c(c1)sc1cc(C(C)(C)C)ccc13)c1cc(C(C)(C)C)cc3c1B2c1cc2c(cc1N3c1ccc3c(c1)C(C)(C)CCC3(C)C)C(C)(C)CCC2(C)C)c1ccccc1C. The zero-order chi connectivity index (χ0) is 55.7. The first-order valence-corrected chi connectivity index (χ1v) is 30.2. The smallest absolute Gasteiger partial charge is 0.252 e. The van der Waals surface area contributed by atoms with Crippen LogP contribution < -0.4 is 31.1 Å². The highest BCUT2D eigenvalue weighted by atomic mass is 32.1. The monoisotopic (exact) mass is 1050 g/mol. The summed E-state index contributed by atoms with van der Waals surface area (Å²) in [6.45, 7) is 38.5. The van der Waals surface area contributed by atoms with Gasteiger partial charge in [-0.25, -0.2) is 0 Å². The summed E-state index contributed by atoms with van der Waals surface area (Å²) in [5.74, 6) is 0. The Morgan fingerprint density at radius 3 is 1.48 bits per heavy atom. The van der Waals surface area contributed by atoms with Crippen LogP contribution in [0.15, 0.2) is 146 Å². The van der Waals surface area contributed by atoms with Crippen molar-refractivity contribution in [2.45, 2.75) is 169 Å². The van der Waals surface area contributed by atoms with Gasteiger partial charge in [0.25, 0.3) is 6.71 Å². The van der Waals surface area contributed by atoms with Gasteiger partial charge in [0.2, 0.25) is 0 Å². The van der Waals surface area contributed by atoms with Gasteiger partial charge in [0.1, 0.15) is 0 Å². The molecule has 3 heterocycles. The molecular formula is C74H80BN3S. The molecule has 8 aromatic carbocycles. The summed E-state index contributed by atoms with van der Waals surface area (Å²) in [5.41, 5.74) is 26.4. The number of nitrogens with zero attached hydrogens (tertiary/aromatic N) is 3. The molecule has 0 atom stereocenters. The van der Waals surface area contributed by atoms with Crippen LogP contribution in [0.3, 0.4) is 0 Å². The molecule has 0 radical (unpaired) electrons. The van der Waals surface area contributed by atoms with Gasteiger partial charge in [-0.3, -0.25) is 0 Å². The van der Waals surface area contributed by atoms with Crippen LogP contribution in [0.2, 0.25) is 0 Å². The number of fused-ring (bicyclic) bond motifs is 9. The lowest BCUT2D eigenvalue weighted by Gasteiger charge is -2.48. The Labute approximate surface area is 476 Å². The average molecular weight is 1050 g/mol. The van der Waals surface area contributed by atoms with E-state index < -0.39 is 0 Å². The second kappa shape index (κ2) is 17.5. The predicted octanol–water partition coefficient (Wildman–Crippen LogP) is 19.5. The van der Waals surface area contributed by atoms with Crippen LogP contribution in [-0.2, 0) is 32.5 Å². The van der Waals surface area contributed by atoms with Crippen molar-refractivity contribution in [3.05, 3.63) is 190 Å². The summed E-state index contributed by atoms with van der Waals surface area (Å²) >= 11 is 1.93. The molecule has 0 N–H and O–H groups in total. The number of hydrogen-bond acceptors (Lipinski definition) is 4. The van der Waals surface area contributed by atoms with E-state index in [0.717, 1.165) is 18.5 Å². The van der Waals surface area contributed by atoms with E-state index in [0.29, 0.717) is 0 Å². The molecule has 1 aromatic heterocycles. The number of rotatable bonds is 5. The Hall–Kier alpha value is -6.56. The van der Waals surface area contributed by atoms with E-state index in [9.17, 15) is 0 Å². The van der Waals surface area contributed by atoms with E-state index >= 15 is 0 Å². The second-order valence-electron chi connectivity index (χ2n) is 28.9. The highest BCUT2D eigenvalue weighted by Crippen LogP contribution is 2.54. The molecule has 5 heteroatoms. The predicted molar refractivity (Wildman–Crippen MR) is 345 cm³/mol. The van der Waals surface area contributed by atoms with Crippen LogP contribution in [0.5, 0.6) is 0 Å². The van der Waals surface area contributed by atoms with E-state index in [1.54, 1.807) is 0 Å². The van der Waals surface area contributed by atoms with Gasteiger partial charge in [-0.05, 0) is 206 Å². The van der Waals surface area contributed by atoms with Gasteiger partial charge in [0.15, 0.2) is 0 Å². The number of para-hydroxylation sites is 2. The molecule has 4 aliphatic rings. The van der Waals surface area contributed by atoms with Gasteiger partial charge in [-0.2, -0.15) is 0 Å². The second-order valence-corrected chi connectivity index (χ2v) is 30.0. The minimum atomic E-state index is -0.156. The normalized spacial score (nSPS) is 17.5. The van der Waals surface area contributed by atoms with Gasteiger partial charge in [-0.15, -0.1) is 11.3 Å². The largest absolute Gasteiger partial charge is 0.311 e. The lowest BCUT2D eigenvalue weighted by atomic mass is 9.33. The van der Waals surface area contributed by atoms with E-state index in [4.69, 9.17) is 0 Å². The van der Waals surface area contributed by atoms with E-state index in [-0.39, 0.29) is 39.2 Å². The maximum absolute atomic E-state index is 2.73. The summed E-state index contributed by atoms with van der Waals surface area (Å²) in [4.78, 5) is 7.91. The van der Waals surface area contributed by atoms with Crippen LogP contribution in [-0.4, -0.2) is 6.71 Å². The van der Waals surface area contributed by atoms with Crippen LogP contribution in [0.4, 0.5) is 51.2 Å². The maximum atomic E-state index is 2.73. The fourth-order valence-electron chi connectivity index (χ4n) is 14.3. The van der Waals surface area contributed by atoms with E-state index in [2.05, 4.69) is 271 Å². The van der Waals surface area contributed by atoms with Gasteiger partial charge >= 0.3 is 0 Å². The van der Waals surface area contributed by atoms with Crippen molar-refractivity contribution in [3.63, 3.8) is 0 Å². The molecule has 0 bridgehead atoms. The zero-order valence-corrected chi connectivity index (χ0v) is 50.8. The molecule has 79 heavy (non-hydrogen) atoms. The molecule has 3 nitrogen and oxygen atoms in total. The van der Waals surface area contributed by atoms with Crippen LogP contribution in [0.1, 0.15) is 167 Å². The lowest BCUT2D eigenvalue weighted by Crippen LogP contribution is -2.62. The third-order valence-electron chi connectivity index (χ3n) is 19.5. The molecule has 9 aromatic rings. The van der Waals surface area contributed by atoms with E-state index in [1.807, 2.05) is 11.3 Å². The Bertz CT molecular complexity index is 3950. The number of thiophene rings is 1. The maximum Gasteiger partial charge on any atom is 0.252 e. The molecule has 0 fully saturated rings. The van der Waals surface area contributed by atoms with Crippen molar-refractivity contribution in [1.82, 2.24) is 0 Å². The molecule has 0 spiro atoms. The highest BCUT2D eigenvalue weighted by Gasteiger charge is 2.48. The van der Waals surface area contributed by atoms with Gasteiger partial charge in [0.05, 0.1) is 0 Å². The van der Waals surface area contributed by atoms with Crippen molar-refractivity contribution >= 4 is 106 Å². The topological polar surface area (TPSA) is 9.72 Å². The van der Waals surface area contributed by atoms with Gasteiger partial charge in [0, 0.05) is 71.4 Å². The molecule has 2 aliphatic heterocycles. The standard InChI is InChI=1S/C74H80BN3S/c1-45-21-17-19-23-60(45)76(61-24-20-18-22-46(61)2)50-28-32-58-62(41-50)78(51-26-30-53-52-29-25-47(69(3,4)5)39-66(52)79-67(53)42-51)65-38-48(70(6,7)8)37-64-68(65)75(58)59-43-56-57(74(15,16)36-35-73(56,13)14)44-63(59)77(64)49-27-31-54-55(40-49)72(11,12)34-33-71(54,9)10/h17-32,37-44H,33-36H2,1-16H3. The summed E-state index contributed by atoms with van der Waals surface area (Å²) in [6, 6.07) is 57.9. The van der Waals surface area contributed by atoms with E-state index in [1.165, 1.54) is 139 Å². The van der Waals surface area contributed by atoms with Crippen molar-refractivity contribution in [2.75, 3.05) is 14.7 Å². The molecule has 13 rings (SSSR count). The fraction of sp³-hybridized carbons (Fsp3) is 0.351. The minimum absolute atomic E-state index is 0.0215. The Kier molecular flexibility index (Phi) is 11.5. The lowest BCUT2D eigenvalue weighted by molar-refractivity contribution is 0.332. The summed E-state index contributed by atoms with van der Waals surface area (Å²) in [7, 11) is 0. The average Bonchev–Trinajstić information content (AvgIpc) is 3.94. The summed E-state index contributed by atoms with van der Waals surface area (Å²) < 4.78 is 2.65. The molecule has 400 valence electrons. The first-order valence-electron chi connectivity index (χ1n) is 29.4. The van der Waals surface area contributed by atoms with Crippen LogP contribution in [0.25, 0.3) is 20.2 Å². The van der Waals surface area contributed by atoms with Gasteiger partial charge < -0.3 is 14.7 Å². The fourth-order valence-corrected chi connectivity index (χ4v) is 15.5.